The molecule has 0 spiro atoms. The van der Waals surface area contributed by atoms with E-state index in [4.69, 9.17) is 4.99 Å². The van der Waals surface area contributed by atoms with Crippen molar-refractivity contribution < 1.29 is 0 Å². The highest BCUT2D eigenvalue weighted by Gasteiger charge is 2.58. The molecule has 0 saturated heterocycles. The molecule has 0 aromatic rings. The number of nitrogens with zero attached hydrogens (tertiary/aromatic N) is 1. The van der Waals surface area contributed by atoms with E-state index in [1.807, 2.05) is 13.1 Å². The molecule has 158 valence electrons. The molecule has 3 saturated carbocycles. The minimum atomic E-state index is 0.380. The van der Waals surface area contributed by atoms with Gasteiger partial charge in [0, 0.05) is 11.6 Å². The standard InChI is InChI=1S/C25H43N3/c1-7-9-19-10-11-20-22-13-12-21(18(3)27-17-28-26-6)25(22,5)16-14-23(20)24(19,4)15-8-2/h7,9,20-23,26,28H,1,8,10-17H2,2-6H3/b19-9-,27-18+. The van der Waals surface area contributed by atoms with Crippen LogP contribution >= 0.6 is 0 Å². The van der Waals surface area contributed by atoms with Gasteiger partial charge in [-0.1, -0.05) is 51.5 Å². The van der Waals surface area contributed by atoms with Gasteiger partial charge < -0.3 is 0 Å². The Morgan fingerprint density at radius 3 is 2.68 bits per heavy atom. The molecule has 0 radical (unpaired) electrons. The second-order valence-electron chi connectivity index (χ2n) is 10.1. The number of hydrogen-bond donors (Lipinski definition) is 2. The zero-order valence-electron chi connectivity index (χ0n) is 19.0. The first-order valence-electron chi connectivity index (χ1n) is 11.6. The predicted molar refractivity (Wildman–Crippen MR) is 121 cm³/mol. The van der Waals surface area contributed by atoms with Gasteiger partial charge >= 0.3 is 0 Å². The summed E-state index contributed by atoms with van der Waals surface area (Å²) in [6.07, 6.45) is 15.1. The van der Waals surface area contributed by atoms with Gasteiger partial charge in [0.1, 0.15) is 6.67 Å². The van der Waals surface area contributed by atoms with Crippen molar-refractivity contribution in [2.75, 3.05) is 13.7 Å². The maximum absolute atomic E-state index is 4.85. The quantitative estimate of drug-likeness (QED) is 0.325. The van der Waals surface area contributed by atoms with Crippen molar-refractivity contribution in [1.29, 1.82) is 0 Å². The van der Waals surface area contributed by atoms with Crippen molar-refractivity contribution in [3.8, 4) is 0 Å². The number of rotatable bonds is 7. The number of nitrogens with one attached hydrogen (secondary N) is 2. The molecule has 0 amide bonds. The molecule has 3 aliphatic rings. The van der Waals surface area contributed by atoms with Gasteiger partial charge in [-0.2, -0.15) is 0 Å². The van der Waals surface area contributed by atoms with E-state index in [2.05, 4.69) is 51.2 Å². The molecule has 28 heavy (non-hydrogen) atoms. The first-order valence-corrected chi connectivity index (χ1v) is 11.6. The normalized spacial score (nSPS) is 42.3. The number of allylic oxidation sites excluding steroid dienone is 3. The molecule has 3 nitrogen and oxygen atoms in total. The van der Waals surface area contributed by atoms with Gasteiger partial charge in [-0.15, -0.1) is 0 Å². The largest absolute Gasteiger partial charge is 0.277 e. The summed E-state index contributed by atoms with van der Waals surface area (Å²) >= 11 is 0. The van der Waals surface area contributed by atoms with E-state index in [0.29, 0.717) is 23.4 Å². The van der Waals surface area contributed by atoms with Crippen LogP contribution in [0.25, 0.3) is 0 Å². The summed E-state index contributed by atoms with van der Waals surface area (Å²) in [4.78, 5) is 4.85. The number of aliphatic imine (C=N–C) groups is 1. The van der Waals surface area contributed by atoms with Crippen LogP contribution in [0.1, 0.15) is 79.1 Å². The van der Waals surface area contributed by atoms with Crippen molar-refractivity contribution >= 4 is 5.71 Å². The lowest BCUT2D eigenvalue weighted by Crippen LogP contribution is -2.50. The molecule has 3 rings (SSSR count). The Labute approximate surface area is 173 Å². The summed E-state index contributed by atoms with van der Waals surface area (Å²) in [5.74, 6) is 3.29. The topological polar surface area (TPSA) is 36.4 Å². The summed E-state index contributed by atoms with van der Waals surface area (Å²) in [6.45, 7) is 14.5. The van der Waals surface area contributed by atoms with E-state index in [1.165, 1.54) is 57.1 Å². The highest BCUT2D eigenvalue weighted by molar-refractivity contribution is 5.85. The van der Waals surface area contributed by atoms with Crippen molar-refractivity contribution in [3.05, 3.63) is 24.3 Å². The number of hydrogen-bond acceptors (Lipinski definition) is 3. The van der Waals surface area contributed by atoms with E-state index in [-0.39, 0.29) is 0 Å². The minimum absolute atomic E-state index is 0.380. The third kappa shape index (κ3) is 3.65. The molecular weight excluding hydrogens is 342 g/mol. The summed E-state index contributed by atoms with van der Waals surface area (Å²) in [5, 5.41) is 0. The summed E-state index contributed by atoms with van der Waals surface area (Å²) in [7, 11) is 1.91. The van der Waals surface area contributed by atoms with Crippen LogP contribution in [0.4, 0.5) is 0 Å². The molecule has 6 unspecified atom stereocenters. The van der Waals surface area contributed by atoms with Crippen molar-refractivity contribution in [2.45, 2.75) is 79.1 Å². The van der Waals surface area contributed by atoms with Crippen LogP contribution < -0.4 is 10.9 Å². The molecule has 0 heterocycles. The lowest BCUT2D eigenvalue weighted by molar-refractivity contribution is -0.0408. The van der Waals surface area contributed by atoms with Crippen LogP contribution in [0.2, 0.25) is 0 Å². The lowest BCUT2D eigenvalue weighted by atomic mass is 9.47. The van der Waals surface area contributed by atoms with Gasteiger partial charge in [0.05, 0.1) is 0 Å². The minimum Gasteiger partial charge on any atom is -0.277 e. The van der Waals surface area contributed by atoms with Crippen LogP contribution in [-0.4, -0.2) is 19.4 Å². The van der Waals surface area contributed by atoms with Gasteiger partial charge in [0.15, 0.2) is 0 Å². The predicted octanol–water partition coefficient (Wildman–Crippen LogP) is 5.90. The molecule has 3 heteroatoms. The summed E-state index contributed by atoms with van der Waals surface area (Å²) < 4.78 is 0. The number of fused-ring (bicyclic) bond motifs is 3. The van der Waals surface area contributed by atoms with E-state index in [1.54, 1.807) is 5.57 Å². The first kappa shape index (κ1) is 21.8. The molecular formula is C25H43N3. The Bertz CT molecular complexity index is 621. The summed E-state index contributed by atoms with van der Waals surface area (Å²) in [6, 6.07) is 0. The van der Waals surface area contributed by atoms with E-state index in [9.17, 15) is 0 Å². The molecule has 0 aromatic heterocycles. The van der Waals surface area contributed by atoms with Crippen LogP contribution in [0, 0.1) is 34.5 Å². The van der Waals surface area contributed by atoms with E-state index < -0.39 is 0 Å². The van der Waals surface area contributed by atoms with E-state index in [0.717, 1.165) is 17.8 Å². The second kappa shape index (κ2) is 8.83. The highest BCUT2D eigenvalue weighted by atomic mass is 15.4. The molecule has 3 aliphatic carbocycles. The van der Waals surface area contributed by atoms with Crippen molar-refractivity contribution in [2.24, 2.45) is 39.5 Å². The van der Waals surface area contributed by atoms with Crippen LogP contribution in [-0.2, 0) is 0 Å². The molecule has 0 bridgehead atoms. The SMILES string of the molecule is C=C/C=C1/CCC2C(CCC3(C)C(/C(C)=N/CNNC)CCC23)C1(C)CCC. The zero-order valence-corrected chi connectivity index (χ0v) is 19.0. The van der Waals surface area contributed by atoms with Gasteiger partial charge in [-0.3, -0.25) is 10.4 Å². The Balaban J connectivity index is 1.84. The smallest absolute Gasteiger partial charge is 0.101 e. The Morgan fingerprint density at radius 2 is 2.00 bits per heavy atom. The average molecular weight is 386 g/mol. The Morgan fingerprint density at radius 1 is 1.21 bits per heavy atom. The molecule has 0 aliphatic heterocycles. The van der Waals surface area contributed by atoms with Crippen molar-refractivity contribution in [3.63, 3.8) is 0 Å². The Hall–Kier alpha value is -0.930. The second-order valence-corrected chi connectivity index (χ2v) is 10.1. The van der Waals surface area contributed by atoms with Gasteiger partial charge in [0.25, 0.3) is 0 Å². The molecule has 6 atom stereocenters. The fourth-order valence-electron chi connectivity index (χ4n) is 7.65. The molecule has 2 N–H and O–H groups in total. The molecule has 3 fully saturated rings. The fraction of sp³-hybridized carbons (Fsp3) is 0.800. The van der Waals surface area contributed by atoms with E-state index >= 15 is 0 Å². The Kier molecular flexibility index (Phi) is 6.87. The fourth-order valence-corrected chi connectivity index (χ4v) is 7.65. The van der Waals surface area contributed by atoms with Crippen molar-refractivity contribution in [1.82, 2.24) is 10.9 Å². The van der Waals surface area contributed by atoms with Crippen LogP contribution in [0.15, 0.2) is 29.3 Å². The maximum atomic E-state index is 4.85. The monoisotopic (exact) mass is 385 g/mol. The lowest BCUT2D eigenvalue weighted by Gasteiger charge is -2.57. The van der Waals surface area contributed by atoms with Gasteiger partial charge in [-0.25, -0.2) is 5.43 Å². The van der Waals surface area contributed by atoms with Crippen LogP contribution in [0.5, 0.6) is 0 Å². The average Bonchev–Trinajstić information content (AvgIpc) is 3.02. The van der Waals surface area contributed by atoms with Crippen LogP contribution in [0.3, 0.4) is 0 Å². The first-order chi connectivity index (χ1) is 13.4. The van der Waals surface area contributed by atoms with Gasteiger partial charge in [0.2, 0.25) is 0 Å². The highest BCUT2D eigenvalue weighted by Crippen LogP contribution is 2.66. The summed E-state index contributed by atoms with van der Waals surface area (Å²) in [5.41, 5.74) is 9.98. The third-order valence-corrected chi connectivity index (χ3v) is 8.91. The third-order valence-electron chi connectivity index (χ3n) is 8.91. The maximum Gasteiger partial charge on any atom is 0.101 e. The zero-order chi connectivity index (χ0) is 20.4. The number of hydrazine groups is 1. The van der Waals surface area contributed by atoms with Gasteiger partial charge in [-0.05, 0) is 87.5 Å². The molecule has 0 aromatic carbocycles.